The first-order valence-corrected chi connectivity index (χ1v) is 8.42. The molecule has 1 radical (unpaired) electrons. The average Bonchev–Trinajstić information content (AvgIpc) is 2.49. The number of ether oxygens (including phenoxy) is 2. The second-order valence-electron chi connectivity index (χ2n) is 5.16. The smallest absolute Gasteiger partial charge is 0.396 e. The molecule has 0 aromatic carbocycles. The van der Waals surface area contributed by atoms with E-state index in [1.807, 2.05) is 0 Å². The number of phosphoric ester groups is 1. The minimum absolute atomic E-state index is 0.134. The highest BCUT2D eigenvalue weighted by Gasteiger charge is 2.46. The van der Waals surface area contributed by atoms with Gasteiger partial charge in [-0.25, -0.2) is 4.57 Å². The van der Waals surface area contributed by atoms with Gasteiger partial charge in [0.15, 0.2) is 0 Å². The van der Waals surface area contributed by atoms with E-state index in [0.717, 1.165) is 6.42 Å². The number of hydrogen-bond acceptors (Lipinski definition) is 9. The maximum absolute atomic E-state index is 12.0. The zero-order chi connectivity index (χ0) is 17.6. The Hall–Kier alpha value is -0.130. The number of hydrogen-bond donors (Lipinski definition) is 5. The fraction of sp³-hybridized carbons (Fsp3) is 0.917. The van der Waals surface area contributed by atoms with Crippen molar-refractivity contribution in [2.24, 2.45) is 5.92 Å². The molecule has 0 amide bonds. The molecule has 0 aliphatic heterocycles. The van der Waals surface area contributed by atoms with E-state index in [9.17, 15) is 29.9 Å². The van der Waals surface area contributed by atoms with E-state index in [1.54, 1.807) is 0 Å². The van der Waals surface area contributed by atoms with Gasteiger partial charge in [-0.15, -0.1) is 0 Å². The lowest BCUT2D eigenvalue weighted by Crippen LogP contribution is -2.54. The van der Waals surface area contributed by atoms with Gasteiger partial charge in [-0.2, -0.15) is 0 Å². The second kappa shape index (κ2) is 9.38. The standard InChI is InChI=1S/C12H24O10P/c1-19-5-7(20-2)6-21-23(17,18)22-10-3-9(14)12(16)11(15)8(10)4-13/h3,7-16H,4-6H2,1-2H3,(H,17,18). The molecule has 7 atom stereocenters. The maximum Gasteiger partial charge on any atom is 0.472 e. The highest BCUT2D eigenvalue weighted by Crippen LogP contribution is 2.47. The second-order valence-corrected chi connectivity index (χ2v) is 6.56. The Kier molecular flexibility index (Phi) is 8.53. The lowest BCUT2D eigenvalue weighted by Gasteiger charge is -2.39. The van der Waals surface area contributed by atoms with Gasteiger partial charge >= 0.3 is 7.82 Å². The van der Waals surface area contributed by atoms with Crippen molar-refractivity contribution in [2.45, 2.75) is 30.5 Å². The highest BCUT2D eigenvalue weighted by atomic mass is 31.2. The highest BCUT2D eigenvalue weighted by molar-refractivity contribution is 7.47. The molecule has 137 valence electrons. The van der Waals surface area contributed by atoms with Gasteiger partial charge in [-0.1, -0.05) is 0 Å². The third-order valence-electron chi connectivity index (χ3n) is 3.52. The molecule has 23 heavy (non-hydrogen) atoms. The van der Waals surface area contributed by atoms with E-state index in [1.165, 1.54) is 14.2 Å². The Labute approximate surface area is 134 Å². The molecule has 5 N–H and O–H groups in total. The van der Waals surface area contributed by atoms with Crippen molar-refractivity contribution in [1.82, 2.24) is 0 Å². The zero-order valence-corrected chi connectivity index (χ0v) is 13.8. The molecule has 1 fully saturated rings. The molecular formula is C12H24O10P. The molecule has 10 nitrogen and oxygen atoms in total. The van der Waals surface area contributed by atoms with Crippen molar-refractivity contribution in [1.29, 1.82) is 0 Å². The largest absolute Gasteiger partial charge is 0.472 e. The van der Waals surface area contributed by atoms with Crippen LogP contribution in [0.15, 0.2) is 0 Å². The summed E-state index contributed by atoms with van der Waals surface area (Å²) in [5, 5.41) is 38.2. The molecule has 1 saturated carbocycles. The Bertz CT molecular complexity index is 394. The van der Waals surface area contributed by atoms with E-state index in [2.05, 4.69) is 0 Å². The molecule has 0 aromatic rings. The van der Waals surface area contributed by atoms with Crippen LogP contribution in [0.4, 0.5) is 0 Å². The number of rotatable bonds is 9. The predicted molar refractivity (Wildman–Crippen MR) is 76.2 cm³/mol. The summed E-state index contributed by atoms with van der Waals surface area (Å²) >= 11 is 0. The van der Waals surface area contributed by atoms with Crippen LogP contribution in [0.3, 0.4) is 0 Å². The maximum atomic E-state index is 12.0. The number of aliphatic hydroxyl groups excluding tert-OH is 4. The van der Waals surface area contributed by atoms with Gasteiger partial charge in [0.2, 0.25) is 0 Å². The summed E-state index contributed by atoms with van der Waals surface area (Å²) in [4.78, 5) is 9.72. The van der Waals surface area contributed by atoms with Crippen LogP contribution in [0.2, 0.25) is 0 Å². The SMILES string of the molecule is COCC(COP(=O)(O)OC1[CH]C(O)C(O)C(O)C1CO)OC. The molecule has 0 spiro atoms. The van der Waals surface area contributed by atoms with Crippen molar-refractivity contribution in [3.05, 3.63) is 6.42 Å². The summed E-state index contributed by atoms with van der Waals surface area (Å²) in [6.07, 6.45) is -5.37. The first-order chi connectivity index (χ1) is 10.8. The van der Waals surface area contributed by atoms with Gasteiger partial charge in [0.1, 0.15) is 12.2 Å². The van der Waals surface area contributed by atoms with Gasteiger partial charge in [-0.05, 0) is 0 Å². The van der Waals surface area contributed by atoms with Gasteiger partial charge in [0.25, 0.3) is 0 Å². The fourth-order valence-corrected chi connectivity index (χ4v) is 3.11. The Morgan fingerprint density at radius 1 is 1.17 bits per heavy atom. The lowest BCUT2D eigenvalue weighted by atomic mass is 9.81. The van der Waals surface area contributed by atoms with Gasteiger partial charge < -0.3 is 34.8 Å². The van der Waals surface area contributed by atoms with E-state index in [4.69, 9.17) is 18.5 Å². The van der Waals surface area contributed by atoms with Crippen LogP contribution in [0, 0.1) is 12.3 Å². The molecule has 0 heterocycles. The monoisotopic (exact) mass is 359 g/mol. The number of aliphatic hydroxyl groups is 4. The average molecular weight is 359 g/mol. The summed E-state index contributed by atoms with van der Waals surface area (Å²) in [6, 6.07) is 0. The summed E-state index contributed by atoms with van der Waals surface area (Å²) in [6.45, 7) is -0.784. The van der Waals surface area contributed by atoms with E-state index in [-0.39, 0.29) is 13.2 Å². The normalized spacial score (nSPS) is 35.7. The van der Waals surface area contributed by atoms with Crippen molar-refractivity contribution >= 4 is 7.82 Å². The molecule has 0 aromatic heterocycles. The van der Waals surface area contributed by atoms with E-state index < -0.39 is 50.9 Å². The van der Waals surface area contributed by atoms with Crippen LogP contribution in [0.25, 0.3) is 0 Å². The third-order valence-corrected chi connectivity index (χ3v) is 4.51. The van der Waals surface area contributed by atoms with Crippen LogP contribution >= 0.6 is 7.82 Å². The van der Waals surface area contributed by atoms with Crippen molar-refractivity contribution < 1.29 is 48.4 Å². The number of methoxy groups -OCH3 is 2. The topological polar surface area (TPSA) is 155 Å². The Morgan fingerprint density at radius 3 is 2.35 bits per heavy atom. The molecule has 11 heteroatoms. The molecule has 0 bridgehead atoms. The first kappa shape index (κ1) is 20.9. The number of phosphoric acid groups is 1. The zero-order valence-electron chi connectivity index (χ0n) is 12.9. The molecule has 7 unspecified atom stereocenters. The minimum Gasteiger partial charge on any atom is -0.396 e. The molecule has 1 rings (SSSR count). The predicted octanol–water partition coefficient (Wildman–Crippen LogP) is -1.94. The van der Waals surface area contributed by atoms with Gasteiger partial charge in [0, 0.05) is 26.6 Å². The fourth-order valence-electron chi connectivity index (χ4n) is 2.16. The van der Waals surface area contributed by atoms with Gasteiger partial charge in [-0.3, -0.25) is 9.05 Å². The Morgan fingerprint density at radius 2 is 1.83 bits per heavy atom. The molecule has 1 aliphatic carbocycles. The van der Waals surface area contributed by atoms with E-state index >= 15 is 0 Å². The summed E-state index contributed by atoms with van der Waals surface area (Å²) in [5.74, 6) is -1.09. The first-order valence-electron chi connectivity index (χ1n) is 6.93. The summed E-state index contributed by atoms with van der Waals surface area (Å²) in [7, 11) is -1.75. The van der Waals surface area contributed by atoms with Crippen LogP contribution < -0.4 is 0 Å². The van der Waals surface area contributed by atoms with Crippen LogP contribution in [0.1, 0.15) is 0 Å². The molecular weight excluding hydrogens is 335 g/mol. The lowest BCUT2D eigenvalue weighted by molar-refractivity contribution is -0.131. The Balaban J connectivity index is 2.65. The quantitative estimate of drug-likeness (QED) is 0.294. The third kappa shape index (κ3) is 6.02. The van der Waals surface area contributed by atoms with Crippen molar-refractivity contribution in [2.75, 3.05) is 34.0 Å². The van der Waals surface area contributed by atoms with Crippen LogP contribution in [-0.2, 0) is 23.1 Å². The van der Waals surface area contributed by atoms with Crippen LogP contribution in [0.5, 0.6) is 0 Å². The van der Waals surface area contributed by atoms with E-state index in [0.29, 0.717) is 0 Å². The van der Waals surface area contributed by atoms with Gasteiger partial charge in [0.05, 0.1) is 38.1 Å². The summed E-state index contributed by atoms with van der Waals surface area (Å²) in [5.41, 5.74) is 0. The van der Waals surface area contributed by atoms with Crippen molar-refractivity contribution in [3.63, 3.8) is 0 Å². The molecule has 1 aliphatic rings. The van der Waals surface area contributed by atoms with Crippen LogP contribution in [-0.4, -0.2) is 89.9 Å². The summed E-state index contributed by atoms with van der Waals surface area (Å²) < 4.78 is 31.4. The minimum atomic E-state index is -4.56. The molecule has 0 saturated heterocycles. The van der Waals surface area contributed by atoms with Crippen molar-refractivity contribution in [3.8, 4) is 0 Å².